The summed E-state index contributed by atoms with van der Waals surface area (Å²) < 4.78 is 0. The fourth-order valence-electron chi connectivity index (χ4n) is 1.89. The standard InChI is InChI=1S/C14H12N4/c15-18-12-5-6-16-14(8-12)11-7-10-3-1-2-4-13(10)17-9-11/h1-9H,15H2,(H,16,18). The number of nitrogens with zero attached hydrogens (tertiary/aromatic N) is 2. The van der Waals surface area contributed by atoms with E-state index in [1.54, 1.807) is 6.20 Å². The Balaban J connectivity index is 2.13. The summed E-state index contributed by atoms with van der Waals surface area (Å²) in [7, 11) is 0. The van der Waals surface area contributed by atoms with Crippen molar-refractivity contribution in [1.82, 2.24) is 9.97 Å². The van der Waals surface area contributed by atoms with E-state index >= 15 is 0 Å². The van der Waals surface area contributed by atoms with Gasteiger partial charge in [0.15, 0.2) is 0 Å². The van der Waals surface area contributed by atoms with E-state index in [0.29, 0.717) is 0 Å². The molecule has 0 amide bonds. The minimum absolute atomic E-state index is 0.827. The van der Waals surface area contributed by atoms with Gasteiger partial charge in [-0.05, 0) is 24.3 Å². The number of para-hydroxylation sites is 1. The Kier molecular flexibility index (Phi) is 2.63. The number of nitrogens with one attached hydrogen (secondary N) is 1. The number of nitrogens with two attached hydrogens (primary N) is 1. The van der Waals surface area contributed by atoms with Gasteiger partial charge in [0.1, 0.15) is 0 Å². The zero-order valence-electron chi connectivity index (χ0n) is 9.67. The number of anilines is 1. The molecule has 18 heavy (non-hydrogen) atoms. The molecule has 0 aliphatic heterocycles. The van der Waals surface area contributed by atoms with Crippen LogP contribution in [0.15, 0.2) is 54.9 Å². The highest BCUT2D eigenvalue weighted by Crippen LogP contribution is 2.22. The second-order valence-corrected chi connectivity index (χ2v) is 3.99. The quantitative estimate of drug-likeness (QED) is 0.530. The van der Waals surface area contributed by atoms with Crippen LogP contribution in [-0.2, 0) is 0 Å². The molecule has 0 atom stereocenters. The third-order valence-electron chi connectivity index (χ3n) is 2.81. The van der Waals surface area contributed by atoms with Crippen LogP contribution in [0.5, 0.6) is 0 Å². The van der Waals surface area contributed by atoms with E-state index < -0.39 is 0 Å². The molecule has 2 heterocycles. The van der Waals surface area contributed by atoms with Crippen molar-refractivity contribution in [3.05, 3.63) is 54.9 Å². The van der Waals surface area contributed by atoms with Crippen LogP contribution in [0.3, 0.4) is 0 Å². The van der Waals surface area contributed by atoms with E-state index in [1.807, 2.05) is 42.6 Å². The highest BCUT2D eigenvalue weighted by Gasteiger charge is 2.02. The van der Waals surface area contributed by atoms with E-state index in [4.69, 9.17) is 5.84 Å². The first-order valence-electron chi connectivity index (χ1n) is 5.65. The van der Waals surface area contributed by atoms with Gasteiger partial charge in [-0.1, -0.05) is 18.2 Å². The minimum atomic E-state index is 0.827. The maximum Gasteiger partial charge on any atom is 0.0738 e. The second-order valence-electron chi connectivity index (χ2n) is 3.99. The number of nitrogen functional groups attached to an aromatic ring is 1. The van der Waals surface area contributed by atoms with E-state index in [0.717, 1.165) is 27.8 Å². The van der Waals surface area contributed by atoms with Crippen LogP contribution in [0.4, 0.5) is 5.69 Å². The Morgan fingerprint density at radius 3 is 2.78 bits per heavy atom. The molecule has 0 bridgehead atoms. The second kappa shape index (κ2) is 4.43. The van der Waals surface area contributed by atoms with Crippen LogP contribution in [-0.4, -0.2) is 9.97 Å². The van der Waals surface area contributed by atoms with E-state index in [-0.39, 0.29) is 0 Å². The molecule has 0 fully saturated rings. The lowest BCUT2D eigenvalue weighted by Crippen LogP contribution is -2.06. The van der Waals surface area contributed by atoms with E-state index in [1.165, 1.54) is 0 Å². The maximum absolute atomic E-state index is 5.39. The van der Waals surface area contributed by atoms with Crippen LogP contribution < -0.4 is 11.3 Å². The van der Waals surface area contributed by atoms with Gasteiger partial charge in [0, 0.05) is 23.3 Å². The van der Waals surface area contributed by atoms with Gasteiger partial charge in [-0.25, -0.2) is 0 Å². The molecule has 4 nitrogen and oxygen atoms in total. The summed E-state index contributed by atoms with van der Waals surface area (Å²) in [6, 6.07) is 13.8. The van der Waals surface area contributed by atoms with Crippen molar-refractivity contribution in [3.63, 3.8) is 0 Å². The lowest BCUT2D eigenvalue weighted by molar-refractivity contribution is 1.27. The van der Waals surface area contributed by atoms with Gasteiger partial charge < -0.3 is 5.43 Å². The molecule has 0 unspecified atom stereocenters. The SMILES string of the molecule is NNc1ccnc(-c2cnc3ccccc3c2)c1. The van der Waals surface area contributed by atoms with Crippen molar-refractivity contribution < 1.29 is 0 Å². The van der Waals surface area contributed by atoms with Crippen molar-refractivity contribution in [1.29, 1.82) is 0 Å². The van der Waals surface area contributed by atoms with E-state index in [2.05, 4.69) is 21.5 Å². The zero-order valence-corrected chi connectivity index (χ0v) is 9.67. The summed E-state index contributed by atoms with van der Waals surface area (Å²) >= 11 is 0. The molecule has 0 spiro atoms. The molecule has 2 aromatic heterocycles. The molecular formula is C14H12N4. The zero-order chi connectivity index (χ0) is 12.4. The van der Waals surface area contributed by atoms with Crippen LogP contribution in [0, 0.1) is 0 Å². The van der Waals surface area contributed by atoms with Crippen molar-refractivity contribution in [2.45, 2.75) is 0 Å². The number of hydrogen-bond donors (Lipinski definition) is 2. The maximum atomic E-state index is 5.39. The highest BCUT2D eigenvalue weighted by molar-refractivity contribution is 5.83. The largest absolute Gasteiger partial charge is 0.324 e. The summed E-state index contributed by atoms with van der Waals surface area (Å²) in [6.07, 6.45) is 3.55. The predicted octanol–water partition coefficient (Wildman–Crippen LogP) is 2.58. The van der Waals surface area contributed by atoms with Crippen LogP contribution >= 0.6 is 0 Å². The summed E-state index contributed by atoms with van der Waals surface area (Å²) in [5.41, 5.74) is 6.25. The molecule has 3 N–H and O–H groups in total. The van der Waals surface area contributed by atoms with Crippen LogP contribution in [0.25, 0.3) is 22.2 Å². The Labute approximate surface area is 104 Å². The Bertz CT molecular complexity index is 694. The third-order valence-corrected chi connectivity index (χ3v) is 2.81. The molecule has 0 saturated heterocycles. The molecule has 0 radical (unpaired) electrons. The number of rotatable bonds is 2. The van der Waals surface area contributed by atoms with Gasteiger partial charge in [0.05, 0.1) is 16.9 Å². The van der Waals surface area contributed by atoms with Gasteiger partial charge in [0.25, 0.3) is 0 Å². The lowest BCUT2D eigenvalue weighted by Gasteiger charge is -2.05. The Morgan fingerprint density at radius 2 is 1.89 bits per heavy atom. The molecule has 0 saturated carbocycles. The number of benzene rings is 1. The van der Waals surface area contributed by atoms with E-state index in [9.17, 15) is 0 Å². The number of fused-ring (bicyclic) bond motifs is 1. The number of hydrazine groups is 1. The first-order chi connectivity index (χ1) is 8.86. The van der Waals surface area contributed by atoms with Crippen molar-refractivity contribution in [2.75, 3.05) is 5.43 Å². The molecule has 0 aliphatic carbocycles. The molecule has 0 aliphatic rings. The molecule has 1 aromatic carbocycles. The van der Waals surface area contributed by atoms with Gasteiger partial charge in [0.2, 0.25) is 0 Å². The summed E-state index contributed by atoms with van der Waals surface area (Å²) in [4.78, 5) is 8.75. The van der Waals surface area contributed by atoms with Crippen LogP contribution in [0.2, 0.25) is 0 Å². The average Bonchev–Trinajstić information content (AvgIpc) is 2.47. The third kappa shape index (κ3) is 1.89. The Hall–Kier alpha value is -2.46. The number of pyridine rings is 2. The predicted molar refractivity (Wildman–Crippen MR) is 72.8 cm³/mol. The number of aromatic nitrogens is 2. The monoisotopic (exact) mass is 236 g/mol. The fraction of sp³-hybridized carbons (Fsp3) is 0. The fourth-order valence-corrected chi connectivity index (χ4v) is 1.89. The summed E-state index contributed by atoms with van der Waals surface area (Å²) in [6.45, 7) is 0. The molecular weight excluding hydrogens is 224 g/mol. The van der Waals surface area contributed by atoms with Crippen molar-refractivity contribution in [2.24, 2.45) is 5.84 Å². The highest BCUT2D eigenvalue weighted by atomic mass is 15.2. The van der Waals surface area contributed by atoms with Gasteiger partial charge in [-0.2, -0.15) is 0 Å². The normalized spacial score (nSPS) is 10.5. The van der Waals surface area contributed by atoms with Crippen molar-refractivity contribution >= 4 is 16.6 Å². The topological polar surface area (TPSA) is 63.8 Å². The molecule has 3 aromatic rings. The van der Waals surface area contributed by atoms with Gasteiger partial charge >= 0.3 is 0 Å². The van der Waals surface area contributed by atoms with Gasteiger partial charge in [-0.3, -0.25) is 15.8 Å². The minimum Gasteiger partial charge on any atom is -0.324 e. The lowest BCUT2D eigenvalue weighted by atomic mass is 10.1. The average molecular weight is 236 g/mol. The molecule has 4 heteroatoms. The van der Waals surface area contributed by atoms with Crippen LogP contribution in [0.1, 0.15) is 0 Å². The van der Waals surface area contributed by atoms with Gasteiger partial charge in [-0.15, -0.1) is 0 Å². The smallest absolute Gasteiger partial charge is 0.0738 e. The number of hydrogen-bond acceptors (Lipinski definition) is 4. The summed E-state index contributed by atoms with van der Waals surface area (Å²) in [5.74, 6) is 5.39. The Morgan fingerprint density at radius 1 is 1.00 bits per heavy atom. The first kappa shape index (κ1) is 10.7. The first-order valence-corrected chi connectivity index (χ1v) is 5.65. The summed E-state index contributed by atoms with van der Waals surface area (Å²) in [5, 5.41) is 1.10. The molecule has 88 valence electrons. The van der Waals surface area contributed by atoms with Crippen molar-refractivity contribution in [3.8, 4) is 11.3 Å². The molecule has 3 rings (SSSR count).